The number of halogens is 1. The molecular formula is C13H17ClN2O2. The van der Waals surface area contributed by atoms with Gasteiger partial charge in [-0.05, 0) is 38.1 Å². The van der Waals surface area contributed by atoms with Gasteiger partial charge in [0.2, 0.25) is 0 Å². The molecule has 1 unspecified atom stereocenters. The number of phenolic OH excluding ortho intramolecular Hbond substituents is 1. The molecule has 1 aromatic rings. The van der Waals surface area contributed by atoms with Crippen LogP contribution in [0.25, 0.3) is 0 Å². The first-order chi connectivity index (χ1) is 8.61. The minimum absolute atomic E-state index is 0.0564. The molecule has 4 nitrogen and oxygen atoms in total. The van der Waals surface area contributed by atoms with Crippen LogP contribution in [0, 0.1) is 0 Å². The molecule has 1 amide bonds. The van der Waals surface area contributed by atoms with Gasteiger partial charge in [-0.15, -0.1) is 0 Å². The van der Waals surface area contributed by atoms with Crippen molar-refractivity contribution in [3.63, 3.8) is 0 Å². The number of hydrogen-bond donors (Lipinski definition) is 2. The Bertz CT molecular complexity index is 451. The Morgan fingerprint density at radius 3 is 3.00 bits per heavy atom. The van der Waals surface area contributed by atoms with Crippen molar-refractivity contribution in [3.8, 4) is 5.75 Å². The molecule has 0 spiro atoms. The van der Waals surface area contributed by atoms with Crippen LogP contribution in [0.1, 0.15) is 23.2 Å². The summed E-state index contributed by atoms with van der Waals surface area (Å²) in [5.41, 5.74) is 0.316. The number of carbonyl (C=O) groups is 1. The lowest BCUT2D eigenvalue weighted by Gasteiger charge is -2.32. The Hall–Kier alpha value is -1.26. The maximum atomic E-state index is 12.3. The molecule has 18 heavy (non-hydrogen) atoms. The number of rotatable bonds is 2. The quantitative estimate of drug-likeness (QED) is 0.861. The van der Waals surface area contributed by atoms with E-state index in [1.165, 1.54) is 6.07 Å². The van der Waals surface area contributed by atoms with Gasteiger partial charge in [-0.3, -0.25) is 4.79 Å². The summed E-state index contributed by atoms with van der Waals surface area (Å²) < 4.78 is 0. The molecule has 5 heteroatoms. The molecular weight excluding hydrogens is 252 g/mol. The third-order valence-corrected chi connectivity index (χ3v) is 3.54. The van der Waals surface area contributed by atoms with Gasteiger partial charge in [0.1, 0.15) is 5.75 Å². The van der Waals surface area contributed by atoms with Crippen molar-refractivity contribution in [1.29, 1.82) is 0 Å². The van der Waals surface area contributed by atoms with E-state index in [0.717, 1.165) is 19.4 Å². The van der Waals surface area contributed by atoms with Crippen molar-refractivity contribution < 1.29 is 9.90 Å². The molecule has 1 fully saturated rings. The topological polar surface area (TPSA) is 52.6 Å². The average Bonchev–Trinajstić information content (AvgIpc) is 2.38. The number of hydrogen-bond acceptors (Lipinski definition) is 3. The van der Waals surface area contributed by atoms with Crippen molar-refractivity contribution in [3.05, 3.63) is 28.8 Å². The Morgan fingerprint density at radius 1 is 1.56 bits per heavy atom. The van der Waals surface area contributed by atoms with Gasteiger partial charge in [0.25, 0.3) is 5.91 Å². The maximum Gasteiger partial charge on any atom is 0.257 e. The summed E-state index contributed by atoms with van der Waals surface area (Å²) in [5, 5.41) is 13.4. The molecule has 1 saturated heterocycles. The van der Waals surface area contributed by atoms with Gasteiger partial charge < -0.3 is 15.3 Å². The normalized spacial score (nSPS) is 19.9. The van der Waals surface area contributed by atoms with E-state index < -0.39 is 0 Å². The van der Waals surface area contributed by atoms with Crippen molar-refractivity contribution >= 4 is 17.5 Å². The largest absolute Gasteiger partial charge is 0.507 e. The second-order valence-electron chi connectivity index (χ2n) is 4.54. The highest BCUT2D eigenvalue weighted by Gasteiger charge is 2.25. The molecule has 98 valence electrons. The van der Waals surface area contributed by atoms with Crippen LogP contribution in [0.15, 0.2) is 18.2 Å². The van der Waals surface area contributed by atoms with Crippen molar-refractivity contribution in [2.45, 2.75) is 18.9 Å². The van der Waals surface area contributed by atoms with Crippen LogP contribution in [-0.4, -0.2) is 42.1 Å². The van der Waals surface area contributed by atoms with Gasteiger partial charge in [-0.25, -0.2) is 0 Å². The molecule has 0 radical (unpaired) electrons. The second kappa shape index (κ2) is 5.59. The van der Waals surface area contributed by atoms with E-state index in [0.29, 0.717) is 23.2 Å². The highest BCUT2D eigenvalue weighted by atomic mass is 35.5. The first-order valence-electron chi connectivity index (χ1n) is 6.07. The summed E-state index contributed by atoms with van der Waals surface area (Å²) >= 11 is 5.76. The van der Waals surface area contributed by atoms with E-state index in [-0.39, 0.29) is 11.7 Å². The van der Waals surface area contributed by atoms with E-state index >= 15 is 0 Å². The molecule has 1 aliphatic heterocycles. The van der Waals surface area contributed by atoms with Gasteiger partial charge in [-0.1, -0.05) is 11.6 Å². The van der Waals surface area contributed by atoms with Gasteiger partial charge in [0.15, 0.2) is 0 Å². The fourth-order valence-electron chi connectivity index (χ4n) is 2.25. The van der Waals surface area contributed by atoms with Crippen LogP contribution < -0.4 is 5.32 Å². The number of piperidine rings is 1. The first-order valence-corrected chi connectivity index (χ1v) is 6.44. The Morgan fingerprint density at radius 2 is 2.33 bits per heavy atom. The summed E-state index contributed by atoms with van der Waals surface area (Å²) in [6.45, 7) is 1.41. The number of amides is 1. The summed E-state index contributed by atoms with van der Waals surface area (Å²) in [5.74, 6) is -0.191. The Labute approximate surface area is 112 Å². The Kier molecular flexibility index (Phi) is 4.09. The molecule has 0 aromatic heterocycles. The van der Waals surface area contributed by atoms with E-state index in [4.69, 9.17) is 11.6 Å². The number of aromatic hydroxyl groups is 1. The number of carbonyl (C=O) groups excluding carboxylic acids is 1. The number of likely N-dealkylation sites (tertiary alicyclic amines) is 1. The predicted octanol–water partition coefficient (Wildman–Crippen LogP) is 1.87. The lowest BCUT2D eigenvalue weighted by Crippen LogP contribution is -2.46. The highest BCUT2D eigenvalue weighted by molar-refractivity contribution is 6.30. The second-order valence-corrected chi connectivity index (χ2v) is 4.98. The summed E-state index contributed by atoms with van der Waals surface area (Å²) in [6, 6.07) is 4.92. The highest BCUT2D eigenvalue weighted by Crippen LogP contribution is 2.24. The lowest BCUT2D eigenvalue weighted by molar-refractivity contribution is 0.0695. The smallest absolute Gasteiger partial charge is 0.257 e. The average molecular weight is 269 g/mol. The zero-order chi connectivity index (χ0) is 13.1. The molecule has 0 bridgehead atoms. The van der Waals surface area contributed by atoms with E-state index in [9.17, 15) is 9.90 Å². The number of benzene rings is 1. The van der Waals surface area contributed by atoms with Crippen molar-refractivity contribution in [1.82, 2.24) is 10.2 Å². The Balaban J connectivity index is 2.15. The first kappa shape index (κ1) is 13.2. The summed E-state index contributed by atoms with van der Waals surface area (Å²) in [7, 11) is 1.90. The predicted molar refractivity (Wildman–Crippen MR) is 71.1 cm³/mol. The van der Waals surface area contributed by atoms with Crippen LogP contribution >= 0.6 is 11.6 Å². The molecule has 1 atom stereocenters. The van der Waals surface area contributed by atoms with Crippen LogP contribution in [0.2, 0.25) is 5.02 Å². The van der Waals surface area contributed by atoms with Crippen molar-refractivity contribution in [2.24, 2.45) is 0 Å². The van der Waals surface area contributed by atoms with Crippen LogP contribution in [0.4, 0.5) is 0 Å². The van der Waals surface area contributed by atoms with Crippen LogP contribution in [0.3, 0.4) is 0 Å². The van der Waals surface area contributed by atoms with E-state index in [2.05, 4.69) is 5.32 Å². The summed E-state index contributed by atoms with van der Waals surface area (Å²) in [6.07, 6.45) is 2.05. The molecule has 1 aliphatic rings. The monoisotopic (exact) mass is 268 g/mol. The molecule has 0 saturated carbocycles. The third kappa shape index (κ3) is 2.76. The lowest BCUT2D eigenvalue weighted by atomic mass is 10.0. The zero-order valence-electron chi connectivity index (χ0n) is 10.3. The maximum absolute atomic E-state index is 12.3. The minimum Gasteiger partial charge on any atom is -0.507 e. The van der Waals surface area contributed by atoms with Crippen LogP contribution in [-0.2, 0) is 0 Å². The minimum atomic E-state index is -0.135. The summed E-state index contributed by atoms with van der Waals surface area (Å²) in [4.78, 5) is 14.1. The number of nitrogens with zero attached hydrogens (tertiary/aromatic N) is 1. The zero-order valence-corrected chi connectivity index (χ0v) is 11.1. The number of phenols is 1. The van der Waals surface area contributed by atoms with Gasteiger partial charge in [0.05, 0.1) is 5.56 Å². The fraction of sp³-hybridized carbons (Fsp3) is 0.462. The van der Waals surface area contributed by atoms with Gasteiger partial charge in [-0.2, -0.15) is 0 Å². The third-order valence-electron chi connectivity index (χ3n) is 3.31. The number of nitrogens with one attached hydrogen (secondary N) is 1. The number of likely N-dealkylation sites (N-methyl/N-ethyl adjacent to an activating group) is 1. The van der Waals surface area contributed by atoms with E-state index in [1.54, 1.807) is 17.0 Å². The standard InChI is InChI=1S/C13H17ClN2O2/c1-15-10-3-2-6-16(8-10)13(18)11-5-4-9(14)7-12(11)17/h4-5,7,10,15,17H,2-3,6,8H2,1H3. The molecule has 1 aromatic carbocycles. The van der Waals surface area contributed by atoms with Gasteiger partial charge >= 0.3 is 0 Å². The molecule has 1 heterocycles. The fourth-order valence-corrected chi connectivity index (χ4v) is 2.42. The van der Waals surface area contributed by atoms with Gasteiger partial charge in [0, 0.05) is 24.2 Å². The molecule has 2 N–H and O–H groups in total. The van der Waals surface area contributed by atoms with E-state index in [1.807, 2.05) is 7.05 Å². The molecule has 0 aliphatic carbocycles. The van der Waals surface area contributed by atoms with Crippen molar-refractivity contribution in [2.75, 3.05) is 20.1 Å². The SMILES string of the molecule is CNC1CCCN(C(=O)c2ccc(Cl)cc2O)C1. The van der Waals surface area contributed by atoms with Crippen LogP contribution in [0.5, 0.6) is 5.75 Å². The molecule has 2 rings (SSSR count).